The number of aromatic carboxylic acids is 2. The minimum atomic E-state index is -1.11. The Labute approximate surface area is 246 Å². The Morgan fingerprint density at radius 2 is 1.60 bits per heavy atom. The van der Waals surface area contributed by atoms with E-state index >= 15 is 0 Å². The molecule has 5 nitrogen and oxygen atoms in total. The van der Waals surface area contributed by atoms with Crippen LogP contribution < -0.4 is 10.4 Å². The topological polar surface area (TPSA) is 83.8 Å². The number of fused-ring (bicyclic) bond motifs is 4. The molecule has 0 radical (unpaired) electrons. The maximum absolute atomic E-state index is 10.6. The second-order valence-corrected chi connectivity index (χ2v) is 11.0. The van der Waals surface area contributed by atoms with E-state index in [-0.39, 0.29) is 16.7 Å². The molecule has 0 spiro atoms. The van der Waals surface area contributed by atoms with Crippen LogP contribution in [0.4, 0.5) is 0 Å². The molecule has 42 heavy (non-hydrogen) atoms. The number of allylic oxidation sites excluding steroid dienone is 6. The molecule has 0 saturated carbocycles. The highest BCUT2D eigenvalue weighted by Crippen LogP contribution is 2.38. The molecule has 3 aliphatic rings. The van der Waals surface area contributed by atoms with Crippen molar-refractivity contribution in [1.82, 2.24) is 0 Å². The van der Waals surface area contributed by atoms with E-state index in [4.69, 9.17) is 14.9 Å². The molecular weight excluding hydrogens is 524 g/mol. The zero-order valence-electron chi connectivity index (χ0n) is 24.3. The molecule has 2 atom stereocenters. The fourth-order valence-electron chi connectivity index (χ4n) is 6.29. The third kappa shape index (κ3) is 5.79. The lowest BCUT2D eigenvalue weighted by molar-refractivity contribution is 0.0696. The van der Waals surface area contributed by atoms with Crippen LogP contribution in [0, 0.1) is 6.92 Å². The lowest BCUT2D eigenvalue weighted by Crippen LogP contribution is -2.36. The van der Waals surface area contributed by atoms with Crippen molar-refractivity contribution in [1.29, 1.82) is 0 Å². The number of ether oxygens (including phenoxy) is 1. The average molecular weight is 561 g/mol. The third-order valence-corrected chi connectivity index (χ3v) is 8.58. The number of carbonyl (C=O) groups is 2. The van der Waals surface area contributed by atoms with Gasteiger partial charge in [-0.1, -0.05) is 90.1 Å². The lowest BCUT2D eigenvalue weighted by atomic mass is 9.77. The molecule has 3 aromatic carbocycles. The maximum atomic E-state index is 10.6. The van der Waals surface area contributed by atoms with Gasteiger partial charge in [0.25, 0.3) is 0 Å². The fraction of sp³-hybridized carbons (Fsp3) is 0.243. The van der Waals surface area contributed by atoms with Gasteiger partial charge in [0.1, 0.15) is 0 Å². The highest BCUT2D eigenvalue weighted by molar-refractivity contribution is 5.96. The molecule has 0 heterocycles. The van der Waals surface area contributed by atoms with Crippen LogP contribution in [0.5, 0.6) is 0 Å². The molecular formula is C37H36O5. The standard InChI is InChI=1S/C28H28O.C9H8O4/c1-19-8-11-27-25(23(19)16-17-29-2)14-15-26-24-12-9-21(20-6-4-3-5-7-20)18-22(24)10-13-28(26)27;1-5-6(8(10)11)3-2-4-7(5)9(12)13/h3-9,11-15,21,23H,10,16-18H2,1-2H3;2-4H,1H3,(H,10,11)(H,12,13). The highest BCUT2D eigenvalue weighted by atomic mass is 16.5. The molecule has 0 aliphatic heterocycles. The first kappa shape index (κ1) is 29.0. The summed E-state index contributed by atoms with van der Waals surface area (Å²) in [5.74, 6) is -1.26. The van der Waals surface area contributed by atoms with E-state index in [0.29, 0.717) is 11.8 Å². The number of hydrogen-bond acceptors (Lipinski definition) is 3. The molecule has 214 valence electrons. The molecule has 0 amide bonds. The second kappa shape index (κ2) is 12.6. The summed E-state index contributed by atoms with van der Waals surface area (Å²) in [6.45, 7) is 4.53. The summed E-state index contributed by atoms with van der Waals surface area (Å²) >= 11 is 0. The van der Waals surface area contributed by atoms with Gasteiger partial charge in [-0.3, -0.25) is 0 Å². The highest BCUT2D eigenvalue weighted by Gasteiger charge is 2.24. The van der Waals surface area contributed by atoms with E-state index in [1.54, 1.807) is 12.7 Å². The molecule has 6 rings (SSSR count). The normalized spacial score (nSPS) is 18.2. The van der Waals surface area contributed by atoms with Crippen molar-refractivity contribution in [3.63, 3.8) is 0 Å². The van der Waals surface area contributed by atoms with Gasteiger partial charge in [-0.25, -0.2) is 9.59 Å². The monoisotopic (exact) mass is 560 g/mol. The first-order valence-corrected chi connectivity index (χ1v) is 14.3. The number of methoxy groups -OCH3 is 1. The van der Waals surface area contributed by atoms with Gasteiger partial charge in [0.15, 0.2) is 0 Å². The Balaban J connectivity index is 0.000000229. The van der Waals surface area contributed by atoms with Crippen LogP contribution in [-0.4, -0.2) is 35.9 Å². The zero-order valence-corrected chi connectivity index (χ0v) is 24.3. The summed E-state index contributed by atoms with van der Waals surface area (Å²) in [4.78, 5) is 21.2. The predicted molar refractivity (Wildman–Crippen MR) is 167 cm³/mol. The molecule has 0 fully saturated rings. The van der Waals surface area contributed by atoms with Gasteiger partial charge in [0, 0.05) is 25.6 Å². The molecule has 5 heteroatoms. The molecule has 0 bridgehead atoms. The third-order valence-electron chi connectivity index (χ3n) is 8.58. The molecule has 3 aromatic rings. The SMILES string of the molecule is COCCC1C(C)=CC=c2c1ccc1c2=CCC2=C1C=CC(c1ccccc1)C2.Cc1c(C(=O)O)cccc1C(=O)O. The van der Waals surface area contributed by atoms with E-state index in [9.17, 15) is 9.59 Å². The second-order valence-electron chi connectivity index (χ2n) is 11.0. The number of rotatable bonds is 6. The Bertz CT molecular complexity index is 1710. The maximum Gasteiger partial charge on any atom is 0.335 e. The van der Waals surface area contributed by atoms with Crippen molar-refractivity contribution < 1.29 is 24.5 Å². The van der Waals surface area contributed by atoms with Crippen molar-refractivity contribution in [2.45, 2.75) is 44.9 Å². The predicted octanol–water partition coefficient (Wildman–Crippen LogP) is 6.62. The Morgan fingerprint density at radius 3 is 2.26 bits per heavy atom. The van der Waals surface area contributed by atoms with E-state index in [0.717, 1.165) is 25.9 Å². The summed E-state index contributed by atoms with van der Waals surface area (Å²) in [5, 5.41) is 20.2. The van der Waals surface area contributed by atoms with E-state index in [2.05, 4.69) is 79.8 Å². The Kier molecular flexibility index (Phi) is 8.69. The van der Waals surface area contributed by atoms with Gasteiger partial charge >= 0.3 is 11.9 Å². The van der Waals surface area contributed by atoms with Crippen LogP contribution in [-0.2, 0) is 4.74 Å². The quantitative estimate of drug-likeness (QED) is 0.354. The summed E-state index contributed by atoms with van der Waals surface area (Å²) < 4.78 is 5.38. The van der Waals surface area contributed by atoms with Gasteiger partial charge in [-0.05, 0) is 83.5 Å². The number of carboxylic acid groups (broad SMARTS) is 2. The van der Waals surface area contributed by atoms with Gasteiger partial charge < -0.3 is 14.9 Å². The molecule has 0 saturated heterocycles. The van der Waals surface area contributed by atoms with Gasteiger partial charge in [0.2, 0.25) is 0 Å². The van der Waals surface area contributed by atoms with Crippen LogP contribution >= 0.6 is 0 Å². The van der Waals surface area contributed by atoms with Crippen molar-refractivity contribution in [2.75, 3.05) is 13.7 Å². The summed E-state index contributed by atoms with van der Waals surface area (Å²) in [5.41, 5.74) is 9.08. The van der Waals surface area contributed by atoms with Gasteiger partial charge in [-0.15, -0.1) is 0 Å². The molecule has 0 aromatic heterocycles. The summed E-state index contributed by atoms with van der Waals surface area (Å²) in [6.07, 6.45) is 15.1. The molecule has 2 unspecified atom stereocenters. The Morgan fingerprint density at radius 1 is 0.881 bits per heavy atom. The van der Waals surface area contributed by atoms with E-state index in [1.807, 2.05) is 0 Å². The van der Waals surface area contributed by atoms with Crippen molar-refractivity contribution >= 4 is 29.7 Å². The largest absolute Gasteiger partial charge is 0.478 e. The zero-order chi connectivity index (χ0) is 29.8. The molecule has 3 aliphatic carbocycles. The minimum Gasteiger partial charge on any atom is -0.478 e. The van der Waals surface area contributed by atoms with Crippen LogP contribution in [0.25, 0.3) is 17.7 Å². The average Bonchev–Trinajstić information content (AvgIpc) is 3.00. The minimum absolute atomic E-state index is 0.0277. The van der Waals surface area contributed by atoms with Crippen molar-refractivity contribution in [3.8, 4) is 0 Å². The van der Waals surface area contributed by atoms with Crippen LogP contribution in [0.1, 0.15) is 81.0 Å². The smallest absolute Gasteiger partial charge is 0.335 e. The fourth-order valence-corrected chi connectivity index (χ4v) is 6.29. The first-order chi connectivity index (χ1) is 20.3. The molecule has 2 N–H and O–H groups in total. The number of hydrogen-bond donors (Lipinski definition) is 2. The van der Waals surface area contributed by atoms with E-state index in [1.165, 1.54) is 63.4 Å². The van der Waals surface area contributed by atoms with Gasteiger partial charge in [-0.2, -0.15) is 0 Å². The summed E-state index contributed by atoms with van der Waals surface area (Å²) in [6, 6.07) is 19.8. The lowest BCUT2D eigenvalue weighted by Gasteiger charge is -2.28. The van der Waals surface area contributed by atoms with Gasteiger partial charge in [0.05, 0.1) is 11.1 Å². The number of carboxylic acids is 2. The number of benzene rings is 3. The summed E-state index contributed by atoms with van der Waals surface area (Å²) in [7, 11) is 1.79. The van der Waals surface area contributed by atoms with E-state index < -0.39 is 11.9 Å². The van der Waals surface area contributed by atoms with Crippen molar-refractivity contribution in [2.24, 2.45) is 0 Å². The van der Waals surface area contributed by atoms with Crippen LogP contribution in [0.15, 0.2) is 90.0 Å². The first-order valence-electron chi connectivity index (χ1n) is 14.3. The van der Waals surface area contributed by atoms with Crippen LogP contribution in [0.3, 0.4) is 0 Å². The van der Waals surface area contributed by atoms with Crippen molar-refractivity contribution in [3.05, 3.63) is 134 Å². The Hall–Kier alpha value is -4.48. The van der Waals surface area contributed by atoms with Crippen LogP contribution in [0.2, 0.25) is 0 Å².